The minimum absolute atomic E-state index is 0.0198. The van der Waals surface area contributed by atoms with E-state index in [4.69, 9.17) is 19.9 Å². The SMILES string of the molecule is CC(C)c1noc(COc2ccc(S(=O)(=O)Cl)cc2)n1. The van der Waals surface area contributed by atoms with Gasteiger partial charge in [-0.1, -0.05) is 19.0 Å². The fourth-order valence-electron chi connectivity index (χ4n) is 1.40. The normalized spacial score (nSPS) is 11.8. The van der Waals surface area contributed by atoms with Crippen molar-refractivity contribution in [3.63, 3.8) is 0 Å². The standard InChI is InChI=1S/C12H13ClN2O4S/c1-8(2)12-14-11(19-15-12)7-18-9-3-5-10(6-4-9)20(13,16)17/h3-6,8H,7H2,1-2H3. The molecule has 2 rings (SSSR count). The van der Waals surface area contributed by atoms with Crippen LogP contribution in [0.25, 0.3) is 0 Å². The van der Waals surface area contributed by atoms with Crippen molar-refractivity contribution < 1.29 is 17.7 Å². The van der Waals surface area contributed by atoms with E-state index in [1.165, 1.54) is 24.3 Å². The predicted molar refractivity (Wildman–Crippen MR) is 72.2 cm³/mol. The number of benzene rings is 1. The Balaban J connectivity index is 2.00. The zero-order valence-corrected chi connectivity index (χ0v) is 12.5. The lowest BCUT2D eigenvalue weighted by molar-refractivity contribution is 0.242. The quantitative estimate of drug-likeness (QED) is 0.789. The molecule has 1 aromatic heterocycles. The Kier molecular flexibility index (Phi) is 4.29. The van der Waals surface area contributed by atoms with Crippen LogP contribution in [0.15, 0.2) is 33.7 Å². The summed E-state index contributed by atoms with van der Waals surface area (Å²) in [6.07, 6.45) is 0. The maximum Gasteiger partial charge on any atom is 0.264 e. The molecular weight excluding hydrogens is 304 g/mol. The number of halogens is 1. The Hall–Kier alpha value is -1.60. The summed E-state index contributed by atoms with van der Waals surface area (Å²) < 4.78 is 32.6. The van der Waals surface area contributed by atoms with Crippen LogP contribution in [0.1, 0.15) is 31.5 Å². The molecule has 20 heavy (non-hydrogen) atoms. The van der Waals surface area contributed by atoms with Gasteiger partial charge in [-0.2, -0.15) is 4.98 Å². The molecule has 6 nitrogen and oxygen atoms in total. The third-order valence-corrected chi connectivity index (χ3v) is 3.84. The van der Waals surface area contributed by atoms with Crippen molar-refractivity contribution in [2.24, 2.45) is 0 Å². The summed E-state index contributed by atoms with van der Waals surface area (Å²) in [7, 11) is 1.50. The molecule has 0 amide bonds. The van der Waals surface area contributed by atoms with Gasteiger partial charge in [-0.25, -0.2) is 8.42 Å². The predicted octanol–water partition coefficient (Wildman–Crippen LogP) is 2.70. The fourth-order valence-corrected chi connectivity index (χ4v) is 2.17. The molecule has 0 aliphatic heterocycles. The maximum absolute atomic E-state index is 11.1. The molecule has 0 saturated heterocycles. The van der Waals surface area contributed by atoms with Gasteiger partial charge in [0.2, 0.25) is 0 Å². The first-order valence-electron chi connectivity index (χ1n) is 5.86. The minimum atomic E-state index is -3.72. The van der Waals surface area contributed by atoms with Gasteiger partial charge in [0.1, 0.15) is 5.75 Å². The number of aromatic nitrogens is 2. The Morgan fingerprint density at radius 1 is 1.30 bits per heavy atom. The van der Waals surface area contributed by atoms with Crippen LogP contribution in [0.2, 0.25) is 0 Å². The average Bonchev–Trinajstić information content (AvgIpc) is 2.85. The zero-order valence-electron chi connectivity index (χ0n) is 10.9. The van der Waals surface area contributed by atoms with Gasteiger partial charge in [0.05, 0.1) is 4.90 Å². The lowest BCUT2D eigenvalue weighted by Gasteiger charge is -2.03. The average molecular weight is 317 g/mol. The Morgan fingerprint density at radius 3 is 2.45 bits per heavy atom. The zero-order chi connectivity index (χ0) is 14.8. The van der Waals surface area contributed by atoms with E-state index in [1.807, 2.05) is 13.8 Å². The first kappa shape index (κ1) is 14.8. The molecule has 0 bridgehead atoms. The highest BCUT2D eigenvalue weighted by Gasteiger charge is 2.11. The summed E-state index contributed by atoms with van der Waals surface area (Å²) in [5.74, 6) is 1.65. The van der Waals surface area contributed by atoms with E-state index in [-0.39, 0.29) is 17.4 Å². The third kappa shape index (κ3) is 3.71. The molecule has 108 valence electrons. The van der Waals surface area contributed by atoms with Gasteiger partial charge in [-0.15, -0.1) is 0 Å². The van der Waals surface area contributed by atoms with Crippen molar-refractivity contribution in [1.29, 1.82) is 0 Å². The summed E-state index contributed by atoms with van der Waals surface area (Å²) in [6, 6.07) is 5.75. The van der Waals surface area contributed by atoms with Gasteiger partial charge in [0, 0.05) is 16.6 Å². The van der Waals surface area contributed by atoms with E-state index in [1.54, 1.807) is 0 Å². The Bertz CT molecular complexity index is 680. The van der Waals surface area contributed by atoms with E-state index in [0.29, 0.717) is 17.5 Å². The highest BCUT2D eigenvalue weighted by Crippen LogP contribution is 2.20. The number of hydrogen-bond donors (Lipinski definition) is 0. The van der Waals surface area contributed by atoms with E-state index in [9.17, 15) is 8.42 Å². The van der Waals surface area contributed by atoms with Crippen LogP contribution in [-0.2, 0) is 15.7 Å². The summed E-state index contributed by atoms with van der Waals surface area (Å²) in [6.45, 7) is 4.04. The first-order valence-corrected chi connectivity index (χ1v) is 8.17. The van der Waals surface area contributed by atoms with E-state index >= 15 is 0 Å². The highest BCUT2D eigenvalue weighted by atomic mass is 35.7. The summed E-state index contributed by atoms with van der Waals surface area (Å²) in [5.41, 5.74) is 0. The summed E-state index contributed by atoms with van der Waals surface area (Å²) in [4.78, 5) is 4.18. The van der Waals surface area contributed by atoms with Crippen LogP contribution < -0.4 is 4.74 Å². The molecule has 0 aliphatic rings. The van der Waals surface area contributed by atoms with Crippen LogP contribution in [0.5, 0.6) is 5.75 Å². The van der Waals surface area contributed by atoms with Crippen molar-refractivity contribution in [2.75, 3.05) is 0 Å². The van der Waals surface area contributed by atoms with Crippen LogP contribution in [0, 0.1) is 0 Å². The molecule has 2 aromatic rings. The highest BCUT2D eigenvalue weighted by molar-refractivity contribution is 8.13. The number of rotatable bonds is 5. The van der Waals surface area contributed by atoms with Gasteiger partial charge >= 0.3 is 0 Å². The summed E-state index contributed by atoms with van der Waals surface area (Å²) in [5, 5.41) is 3.81. The third-order valence-electron chi connectivity index (χ3n) is 2.47. The second kappa shape index (κ2) is 5.80. The minimum Gasteiger partial charge on any atom is -0.484 e. The summed E-state index contributed by atoms with van der Waals surface area (Å²) >= 11 is 0. The van der Waals surface area contributed by atoms with Crippen LogP contribution in [0.4, 0.5) is 0 Å². The molecular formula is C12H13ClN2O4S. The lowest BCUT2D eigenvalue weighted by atomic mass is 10.2. The van der Waals surface area contributed by atoms with Crippen LogP contribution in [-0.4, -0.2) is 18.6 Å². The first-order chi connectivity index (χ1) is 9.36. The molecule has 1 aromatic carbocycles. The number of ether oxygens (including phenoxy) is 1. The second-order valence-corrected chi connectivity index (χ2v) is 6.96. The Morgan fingerprint density at radius 2 is 1.95 bits per heavy atom. The van der Waals surface area contributed by atoms with Gasteiger partial charge < -0.3 is 9.26 Å². The molecule has 0 N–H and O–H groups in total. The topological polar surface area (TPSA) is 82.3 Å². The second-order valence-electron chi connectivity index (χ2n) is 4.40. The Labute approximate surface area is 121 Å². The van der Waals surface area contributed by atoms with Gasteiger partial charge in [-0.05, 0) is 24.3 Å². The molecule has 0 unspecified atom stereocenters. The molecule has 0 spiro atoms. The maximum atomic E-state index is 11.1. The molecule has 0 atom stereocenters. The number of nitrogens with zero attached hydrogens (tertiary/aromatic N) is 2. The molecule has 0 radical (unpaired) electrons. The molecule has 0 fully saturated rings. The van der Waals surface area contributed by atoms with Gasteiger partial charge in [-0.3, -0.25) is 0 Å². The van der Waals surface area contributed by atoms with Gasteiger partial charge in [0.15, 0.2) is 12.4 Å². The lowest BCUT2D eigenvalue weighted by Crippen LogP contribution is -1.97. The molecule has 0 aliphatic carbocycles. The van der Waals surface area contributed by atoms with E-state index < -0.39 is 9.05 Å². The van der Waals surface area contributed by atoms with Crippen LogP contribution in [0.3, 0.4) is 0 Å². The van der Waals surface area contributed by atoms with Crippen molar-refractivity contribution >= 4 is 19.7 Å². The van der Waals surface area contributed by atoms with Gasteiger partial charge in [0.25, 0.3) is 14.9 Å². The smallest absolute Gasteiger partial charge is 0.264 e. The monoisotopic (exact) mass is 316 g/mol. The van der Waals surface area contributed by atoms with Crippen molar-refractivity contribution in [1.82, 2.24) is 10.1 Å². The largest absolute Gasteiger partial charge is 0.484 e. The molecule has 0 saturated carbocycles. The van der Waals surface area contributed by atoms with E-state index in [2.05, 4.69) is 10.1 Å². The number of hydrogen-bond acceptors (Lipinski definition) is 6. The molecule has 8 heteroatoms. The van der Waals surface area contributed by atoms with Crippen molar-refractivity contribution in [3.05, 3.63) is 36.0 Å². The van der Waals surface area contributed by atoms with Crippen molar-refractivity contribution in [3.8, 4) is 5.75 Å². The van der Waals surface area contributed by atoms with Crippen molar-refractivity contribution in [2.45, 2.75) is 31.3 Å². The fraction of sp³-hybridized carbons (Fsp3) is 0.333. The van der Waals surface area contributed by atoms with Crippen LogP contribution >= 0.6 is 10.7 Å². The van der Waals surface area contributed by atoms with E-state index in [0.717, 1.165) is 0 Å². The molecule has 1 heterocycles.